The van der Waals surface area contributed by atoms with Crippen molar-refractivity contribution in [2.45, 2.75) is 51.6 Å². The molecule has 4 N–H and O–H groups in total. The van der Waals surface area contributed by atoms with Gasteiger partial charge >= 0.3 is 12.1 Å². The van der Waals surface area contributed by atoms with Gasteiger partial charge in [-0.25, -0.2) is 4.79 Å². The van der Waals surface area contributed by atoms with Crippen LogP contribution in [0.5, 0.6) is 0 Å². The van der Waals surface area contributed by atoms with Crippen LogP contribution in [0, 0.1) is 5.41 Å². The fourth-order valence-electron chi connectivity index (χ4n) is 2.29. The first-order valence-corrected chi connectivity index (χ1v) is 8.45. The predicted octanol–water partition coefficient (Wildman–Crippen LogP) is 4.58. The Morgan fingerprint density at radius 1 is 1.42 bits per heavy atom. The zero-order valence-corrected chi connectivity index (χ0v) is 14.2. The number of nitrogens with two attached hydrogens (primary N) is 1. The summed E-state index contributed by atoms with van der Waals surface area (Å²) in [6, 6.07) is 2.12. The number of carboxylic acid groups (broad SMARTS) is 1. The van der Waals surface area contributed by atoms with Gasteiger partial charge in [0, 0.05) is 4.88 Å². The summed E-state index contributed by atoms with van der Waals surface area (Å²) < 4.78 is 31.7. The average Bonchev–Trinajstić information content (AvgIpc) is 2.82. The maximum atomic E-state index is 10.6. The summed E-state index contributed by atoms with van der Waals surface area (Å²) in [6.07, 6.45) is 4.52. The van der Waals surface area contributed by atoms with Crippen molar-refractivity contribution >= 4 is 28.7 Å². The van der Waals surface area contributed by atoms with E-state index in [1.807, 2.05) is 0 Å². The zero-order chi connectivity index (χ0) is 18.3. The molecular formula is C16H21F3N2O2S. The van der Waals surface area contributed by atoms with Gasteiger partial charge in [0.25, 0.3) is 0 Å². The van der Waals surface area contributed by atoms with Crippen molar-refractivity contribution in [3.05, 3.63) is 27.5 Å². The molecule has 24 heavy (non-hydrogen) atoms. The SMILES string of the molecule is CCC/C=C1\CCCCc2sc(C(=N)N)cc21.O=C(O)C(F)(F)F. The zero-order valence-electron chi connectivity index (χ0n) is 13.4. The molecule has 2 rings (SSSR count). The molecule has 0 bridgehead atoms. The van der Waals surface area contributed by atoms with Crippen LogP contribution in [0.2, 0.25) is 0 Å². The molecule has 0 radical (unpaired) electrons. The Morgan fingerprint density at radius 2 is 2.00 bits per heavy atom. The quantitative estimate of drug-likeness (QED) is 0.418. The number of allylic oxidation sites excluding steroid dienone is 2. The molecule has 0 atom stereocenters. The van der Waals surface area contributed by atoms with E-state index in [1.165, 1.54) is 41.7 Å². The van der Waals surface area contributed by atoms with Gasteiger partial charge in [-0.05, 0) is 49.3 Å². The number of fused-ring (bicyclic) bond motifs is 1. The van der Waals surface area contributed by atoms with E-state index in [-0.39, 0.29) is 5.84 Å². The molecule has 8 heteroatoms. The van der Waals surface area contributed by atoms with Crippen LogP contribution in [-0.2, 0) is 11.2 Å². The van der Waals surface area contributed by atoms with Gasteiger partial charge in [0.05, 0.1) is 4.88 Å². The second-order valence-electron chi connectivity index (χ2n) is 5.39. The molecule has 0 fully saturated rings. The standard InChI is InChI=1S/C14H20N2S.C2HF3O2/c1-2-3-6-10-7-4-5-8-12-11(10)9-13(17-12)14(15)16;3-2(4,5)1(6)7/h6,9H,2-5,7-8H2,1H3,(H3,15,16);(H,6,7)/b10-6+;. The lowest BCUT2D eigenvalue weighted by atomic mass is 10.0. The van der Waals surface area contributed by atoms with Gasteiger partial charge in [0.2, 0.25) is 0 Å². The normalized spacial score (nSPS) is 15.9. The molecule has 0 spiro atoms. The van der Waals surface area contributed by atoms with E-state index in [1.54, 1.807) is 11.3 Å². The lowest BCUT2D eigenvalue weighted by Gasteiger charge is -2.03. The highest BCUT2D eigenvalue weighted by Crippen LogP contribution is 2.35. The number of unbranched alkanes of at least 4 members (excludes halogenated alkanes) is 1. The number of rotatable bonds is 3. The third-order valence-electron chi connectivity index (χ3n) is 3.44. The van der Waals surface area contributed by atoms with Crippen LogP contribution >= 0.6 is 11.3 Å². The second-order valence-corrected chi connectivity index (χ2v) is 6.53. The number of aryl methyl sites for hydroxylation is 1. The van der Waals surface area contributed by atoms with Gasteiger partial charge in [-0.1, -0.05) is 19.4 Å². The maximum Gasteiger partial charge on any atom is 0.490 e. The molecule has 0 saturated carbocycles. The number of aliphatic carboxylic acids is 1. The first-order chi connectivity index (χ1) is 11.2. The summed E-state index contributed by atoms with van der Waals surface area (Å²) in [7, 11) is 0. The third-order valence-corrected chi connectivity index (χ3v) is 4.67. The fraction of sp³-hybridized carbons (Fsp3) is 0.500. The smallest absolute Gasteiger partial charge is 0.475 e. The monoisotopic (exact) mass is 362 g/mol. The number of hydrogen-bond acceptors (Lipinski definition) is 3. The highest BCUT2D eigenvalue weighted by atomic mass is 32.1. The minimum atomic E-state index is -5.08. The molecule has 4 nitrogen and oxygen atoms in total. The van der Waals surface area contributed by atoms with Crippen molar-refractivity contribution < 1.29 is 23.1 Å². The number of amidine groups is 1. The minimum Gasteiger partial charge on any atom is -0.475 e. The van der Waals surface area contributed by atoms with Gasteiger partial charge < -0.3 is 10.8 Å². The Balaban J connectivity index is 0.000000351. The molecule has 0 unspecified atom stereocenters. The van der Waals surface area contributed by atoms with Crippen molar-refractivity contribution in [3.8, 4) is 0 Å². The van der Waals surface area contributed by atoms with E-state index in [0.717, 1.165) is 17.7 Å². The molecule has 1 aromatic rings. The van der Waals surface area contributed by atoms with Crippen LogP contribution < -0.4 is 5.73 Å². The number of carboxylic acids is 1. The van der Waals surface area contributed by atoms with Gasteiger partial charge in [-0.3, -0.25) is 5.41 Å². The molecule has 0 saturated heterocycles. The molecule has 0 aliphatic heterocycles. The molecule has 1 aliphatic carbocycles. The number of alkyl halides is 3. The van der Waals surface area contributed by atoms with Crippen LogP contribution in [0.4, 0.5) is 13.2 Å². The van der Waals surface area contributed by atoms with Gasteiger partial charge in [0.15, 0.2) is 0 Å². The molecule has 1 heterocycles. The number of halogens is 3. The largest absolute Gasteiger partial charge is 0.490 e. The Morgan fingerprint density at radius 3 is 2.50 bits per heavy atom. The van der Waals surface area contributed by atoms with Crippen molar-refractivity contribution in [1.29, 1.82) is 5.41 Å². The topological polar surface area (TPSA) is 87.2 Å². The van der Waals surface area contributed by atoms with Crippen molar-refractivity contribution in [1.82, 2.24) is 0 Å². The summed E-state index contributed by atoms with van der Waals surface area (Å²) in [5.74, 6) is -2.55. The van der Waals surface area contributed by atoms with Crippen molar-refractivity contribution in [3.63, 3.8) is 0 Å². The van der Waals surface area contributed by atoms with E-state index in [0.29, 0.717) is 0 Å². The van der Waals surface area contributed by atoms with Crippen LogP contribution in [0.1, 0.15) is 54.3 Å². The van der Waals surface area contributed by atoms with Gasteiger partial charge in [0.1, 0.15) is 5.84 Å². The number of thiophene rings is 1. The summed E-state index contributed by atoms with van der Waals surface area (Å²) >= 11 is 1.70. The second kappa shape index (κ2) is 8.86. The summed E-state index contributed by atoms with van der Waals surface area (Å²) in [5.41, 5.74) is 8.43. The first-order valence-electron chi connectivity index (χ1n) is 7.63. The summed E-state index contributed by atoms with van der Waals surface area (Å²) in [6.45, 7) is 2.21. The molecule has 1 aromatic heterocycles. The van der Waals surface area contributed by atoms with Gasteiger partial charge in [-0.15, -0.1) is 11.3 Å². The highest BCUT2D eigenvalue weighted by molar-refractivity contribution is 7.14. The summed E-state index contributed by atoms with van der Waals surface area (Å²) in [5, 5.41) is 14.7. The number of nitrogens with one attached hydrogen (secondary N) is 1. The predicted molar refractivity (Wildman–Crippen MR) is 89.5 cm³/mol. The maximum absolute atomic E-state index is 10.6. The van der Waals surface area contributed by atoms with Crippen LogP contribution in [0.15, 0.2) is 12.1 Å². The number of nitrogen functional groups attached to an aromatic ring is 1. The van der Waals surface area contributed by atoms with Crippen LogP contribution in [0.3, 0.4) is 0 Å². The van der Waals surface area contributed by atoms with Crippen molar-refractivity contribution in [2.24, 2.45) is 5.73 Å². The third kappa shape index (κ3) is 5.99. The number of carbonyl (C=O) groups is 1. The Labute approximate surface area is 142 Å². The Bertz CT molecular complexity index is 621. The van der Waals surface area contributed by atoms with Crippen LogP contribution in [0.25, 0.3) is 5.57 Å². The van der Waals surface area contributed by atoms with E-state index in [9.17, 15) is 13.2 Å². The first kappa shape index (κ1) is 20.2. The van der Waals surface area contributed by atoms with E-state index in [4.69, 9.17) is 21.0 Å². The molecule has 1 aliphatic rings. The Kier molecular flexibility index (Phi) is 7.47. The van der Waals surface area contributed by atoms with E-state index < -0.39 is 12.1 Å². The average molecular weight is 362 g/mol. The van der Waals surface area contributed by atoms with Crippen molar-refractivity contribution in [2.75, 3.05) is 0 Å². The minimum absolute atomic E-state index is 0.206. The fourth-order valence-corrected chi connectivity index (χ4v) is 3.38. The van der Waals surface area contributed by atoms with E-state index in [2.05, 4.69) is 19.1 Å². The van der Waals surface area contributed by atoms with Gasteiger partial charge in [-0.2, -0.15) is 13.2 Å². The number of hydrogen-bond donors (Lipinski definition) is 3. The lowest BCUT2D eigenvalue weighted by Crippen LogP contribution is -2.21. The van der Waals surface area contributed by atoms with E-state index >= 15 is 0 Å². The molecule has 134 valence electrons. The molecular weight excluding hydrogens is 341 g/mol. The highest BCUT2D eigenvalue weighted by Gasteiger charge is 2.38. The van der Waals surface area contributed by atoms with Crippen LogP contribution in [-0.4, -0.2) is 23.1 Å². The Hall–Kier alpha value is -1.83. The lowest BCUT2D eigenvalue weighted by molar-refractivity contribution is -0.192. The summed E-state index contributed by atoms with van der Waals surface area (Å²) in [4.78, 5) is 11.3. The molecule has 0 aromatic carbocycles. The molecule has 0 amide bonds.